The normalized spacial score (nSPS) is 11.9. The van der Waals surface area contributed by atoms with Crippen molar-refractivity contribution in [2.75, 3.05) is 5.75 Å². The highest BCUT2D eigenvalue weighted by Crippen LogP contribution is 2.23. The van der Waals surface area contributed by atoms with Crippen molar-refractivity contribution in [1.29, 1.82) is 0 Å². The highest BCUT2D eigenvalue weighted by atomic mass is 32.2. The second kappa shape index (κ2) is 9.49. The average molecular weight is 426 g/mol. The third kappa shape index (κ3) is 5.21. The molecule has 0 fully saturated rings. The van der Waals surface area contributed by atoms with Crippen molar-refractivity contribution in [2.24, 2.45) is 0 Å². The quantitative estimate of drug-likeness (QED) is 0.524. The summed E-state index contributed by atoms with van der Waals surface area (Å²) in [6.45, 7) is 1.67. The van der Waals surface area contributed by atoms with E-state index in [1.807, 2.05) is 30.3 Å². The Kier molecular flexibility index (Phi) is 6.79. The predicted octanol–water partition coefficient (Wildman–Crippen LogP) is 1.52. The van der Waals surface area contributed by atoms with Crippen LogP contribution in [-0.2, 0) is 21.8 Å². The highest BCUT2D eigenvalue weighted by molar-refractivity contribution is 7.98. The van der Waals surface area contributed by atoms with Crippen LogP contribution in [-0.4, -0.2) is 28.8 Å². The van der Waals surface area contributed by atoms with E-state index in [2.05, 4.69) is 5.32 Å². The molecule has 0 saturated carbocycles. The molecule has 1 amide bonds. The summed E-state index contributed by atoms with van der Waals surface area (Å²) >= 11 is 1.36. The Labute approximate surface area is 176 Å². The van der Waals surface area contributed by atoms with Crippen LogP contribution in [0.25, 0.3) is 11.0 Å². The molecule has 3 rings (SSSR count). The molecule has 0 spiro atoms. The van der Waals surface area contributed by atoms with Crippen LogP contribution in [0.4, 0.5) is 0 Å². The molecule has 0 bridgehead atoms. The Morgan fingerprint density at radius 3 is 2.63 bits per heavy atom. The number of rotatable bonds is 8. The van der Waals surface area contributed by atoms with Crippen LogP contribution in [0.3, 0.4) is 0 Å². The van der Waals surface area contributed by atoms with Gasteiger partial charge in [-0.25, -0.2) is 4.79 Å². The van der Waals surface area contributed by atoms with Gasteiger partial charge in [-0.15, -0.1) is 0 Å². The van der Waals surface area contributed by atoms with Gasteiger partial charge in [-0.2, -0.15) is 11.8 Å². The molecular formula is C22H20NO6S-. The fourth-order valence-corrected chi connectivity index (χ4v) is 4.03. The lowest BCUT2D eigenvalue weighted by Gasteiger charge is -2.19. The lowest BCUT2D eigenvalue weighted by atomic mass is 10.0. The average Bonchev–Trinajstić information content (AvgIpc) is 2.70. The molecule has 2 aromatic carbocycles. The third-order valence-corrected chi connectivity index (χ3v) is 5.73. The number of amides is 1. The standard InChI is InChI=1S/C22H21NO6S/c1-13-16-8-7-15(24)9-19(16)29-22(28)17(13)10-20(25)23-18(21(26)27)12-30-11-14-5-3-2-4-6-14/h2-9,18,24H,10-12H2,1H3,(H,23,25)(H,26,27)/p-1/t18-/m0/s1. The molecule has 0 aliphatic heterocycles. The molecule has 1 aromatic heterocycles. The van der Waals surface area contributed by atoms with Gasteiger partial charge in [-0.3, -0.25) is 4.79 Å². The van der Waals surface area contributed by atoms with Crippen molar-refractivity contribution in [3.63, 3.8) is 0 Å². The molecule has 0 aliphatic carbocycles. The molecule has 7 nitrogen and oxygen atoms in total. The smallest absolute Gasteiger partial charge is 0.340 e. The van der Waals surface area contributed by atoms with Crippen LogP contribution in [0.15, 0.2) is 57.7 Å². The zero-order chi connectivity index (χ0) is 21.7. The number of hydrogen-bond acceptors (Lipinski definition) is 7. The Bertz CT molecular complexity index is 1130. The first-order valence-corrected chi connectivity index (χ1v) is 10.4. The molecule has 0 radical (unpaired) electrons. The van der Waals surface area contributed by atoms with Crippen molar-refractivity contribution in [1.82, 2.24) is 5.32 Å². The summed E-state index contributed by atoms with van der Waals surface area (Å²) in [5.41, 5.74) is 1.23. The maximum Gasteiger partial charge on any atom is 0.340 e. The Balaban J connectivity index is 1.67. The van der Waals surface area contributed by atoms with E-state index in [1.54, 1.807) is 13.0 Å². The van der Waals surface area contributed by atoms with E-state index >= 15 is 0 Å². The van der Waals surface area contributed by atoms with Gasteiger partial charge in [-0.1, -0.05) is 30.3 Å². The van der Waals surface area contributed by atoms with Gasteiger partial charge in [0.25, 0.3) is 0 Å². The largest absolute Gasteiger partial charge is 0.548 e. The minimum Gasteiger partial charge on any atom is -0.548 e. The number of carbonyl (C=O) groups excluding carboxylic acids is 2. The lowest BCUT2D eigenvalue weighted by Crippen LogP contribution is -2.50. The molecular weight excluding hydrogens is 406 g/mol. The number of thioether (sulfide) groups is 1. The predicted molar refractivity (Wildman–Crippen MR) is 112 cm³/mol. The van der Waals surface area contributed by atoms with Crippen molar-refractivity contribution in [2.45, 2.75) is 25.1 Å². The van der Waals surface area contributed by atoms with Gasteiger partial charge in [0.05, 0.1) is 24.0 Å². The number of hydrogen-bond donors (Lipinski definition) is 2. The van der Waals surface area contributed by atoms with Gasteiger partial charge >= 0.3 is 5.63 Å². The van der Waals surface area contributed by atoms with E-state index in [-0.39, 0.29) is 29.1 Å². The number of aliphatic carboxylic acids is 1. The summed E-state index contributed by atoms with van der Waals surface area (Å²) < 4.78 is 5.19. The minimum absolute atomic E-state index is 0.0413. The molecule has 1 heterocycles. The second-order valence-electron chi connectivity index (χ2n) is 6.79. The fraction of sp³-hybridized carbons (Fsp3) is 0.227. The van der Waals surface area contributed by atoms with Gasteiger partial charge in [0.1, 0.15) is 11.3 Å². The van der Waals surface area contributed by atoms with E-state index in [1.165, 1.54) is 23.9 Å². The van der Waals surface area contributed by atoms with Crippen molar-refractivity contribution in [3.05, 3.63) is 75.6 Å². The van der Waals surface area contributed by atoms with E-state index in [9.17, 15) is 24.6 Å². The van der Waals surface area contributed by atoms with Gasteiger partial charge in [0, 0.05) is 23.0 Å². The number of carboxylic acid groups (broad SMARTS) is 1. The minimum atomic E-state index is -1.39. The second-order valence-corrected chi connectivity index (χ2v) is 7.82. The van der Waals surface area contributed by atoms with Gasteiger partial charge in [-0.05, 0) is 30.2 Å². The molecule has 30 heavy (non-hydrogen) atoms. The monoisotopic (exact) mass is 426 g/mol. The van der Waals surface area contributed by atoms with E-state index < -0.39 is 23.5 Å². The first-order valence-electron chi connectivity index (χ1n) is 9.22. The molecule has 0 aliphatic rings. The first kappa shape index (κ1) is 21.4. The van der Waals surface area contributed by atoms with Crippen LogP contribution in [0.1, 0.15) is 16.7 Å². The number of carbonyl (C=O) groups is 2. The van der Waals surface area contributed by atoms with Crippen molar-refractivity contribution in [3.8, 4) is 5.75 Å². The summed E-state index contributed by atoms with van der Waals surface area (Å²) in [6, 6.07) is 12.7. The molecule has 0 saturated heterocycles. The lowest BCUT2D eigenvalue weighted by molar-refractivity contribution is -0.307. The number of nitrogens with one attached hydrogen (secondary N) is 1. The molecule has 2 N–H and O–H groups in total. The van der Waals surface area contributed by atoms with Gasteiger partial charge in [0.15, 0.2) is 0 Å². The Morgan fingerprint density at radius 1 is 1.20 bits per heavy atom. The molecule has 1 atom stereocenters. The number of fused-ring (bicyclic) bond motifs is 1. The maximum absolute atomic E-state index is 12.4. The number of benzene rings is 2. The zero-order valence-electron chi connectivity index (χ0n) is 16.2. The number of phenolic OH excluding ortho intramolecular Hbond substituents is 1. The summed E-state index contributed by atoms with van der Waals surface area (Å²) in [5.74, 6) is -1.31. The van der Waals surface area contributed by atoms with Gasteiger partial charge in [0.2, 0.25) is 5.91 Å². The van der Waals surface area contributed by atoms with Crippen LogP contribution >= 0.6 is 11.8 Å². The van der Waals surface area contributed by atoms with E-state index in [0.29, 0.717) is 16.7 Å². The van der Waals surface area contributed by atoms with Crippen molar-refractivity contribution >= 4 is 34.6 Å². The Hall–Kier alpha value is -3.26. The van der Waals surface area contributed by atoms with Crippen molar-refractivity contribution < 1.29 is 24.2 Å². The number of carboxylic acids is 1. The molecule has 156 valence electrons. The Morgan fingerprint density at radius 2 is 1.93 bits per heavy atom. The topological polar surface area (TPSA) is 120 Å². The number of phenols is 1. The first-order chi connectivity index (χ1) is 14.3. The van der Waals surface area contributed by atoms with Crippen LogP contribution in [0.5, 0.6) is 5.75 Å². The summed E-state index contributed by atoms with van der Waals surface area (Å²) in [5, 5.41) is 24.0. The summed E-state index contributed by atoms with van der Waals surface area (Å²) in [7, 11) is 0. The third-order valence-electron chi connectivity index (χ3n) is 4.62. The molecule has 0 unspecified atom stereocenters. The summed E-state index contributed by atoms with van der Waals surface area (Å²) in [4.78, 5) is 36.1. The van der Waals surface area contributed by atoms with E-state index in [0.717, 1.165) is 5.56 Å². The molecule has 3 aromatic rings. The number of aromatic hydroxyl groups is 1. The van der Waals surface area contributed by atoms with E-state index in [4.69, 9.17) is 4.42 Å². The number of aryl methyl sites for hydroxylation is 1. The molecule has 8 heteroatoms. The maximum atomic E-state index is 12.4. The SMILES string of the molecule is Cc1c(CC(=O)N[C@@H](CSCc2ccccc2)C(=O)[O-])c(=O)oc2cc(O)ccc12. The highest BCUT2D eigenvalue weighted by Gasteiger charge is 2.18. The van der Waals surface area contributed by atoms with Gasteiger partial charge < -0.3 is 24.7 Å². The van der Waals surface area contributed by atoms with Crippen LogP contribution < -0.4 is 16.0 Å². The van der Waals surface area contributed by atoms with Crippen LogP contribution in [0, 0.1) is 6.92 Å². The summed E-state index contributed by atoms with van der Waals surface area (Å²) in [6.07, 6.45) is -0.321. The fourth-order valence-electron chi connectivity index (χ4n) is 3.03. The zero-order valence-corrected chi connectivity index (χ0v) is 17.0. The van der Waals surface area contributed by atoms with Crippen LogP contribution in [0.2, 0.25) is 0 Å².